The van der Waals surface area contributed by atoms with Crippen molar-refractivity contribution in [1.29, 1.82) is 0 Å². The molecule has 0 bridgehead atoms. The van der Waals surface area contributed by atoms with E-state index in [1.807, 2.05) is 6.07 Å². The molecule has 0 N–H and O–H groups in total. The minimum Gasteiger partial charge on any atom is -0.301 e. The van der Waals surface area contributed by atoms with Crippen LogP contribution in [0.2, 0.25) is 0 Å². The van der Waals surface area contributed by atoms with Gasteiger partial charge in [0.05, 0.1) is 5.56 Å². The third kappa shape index (κ3) is 2.43. The van der Waals surface area contributed by atoms with Crippen molar-refractivity contribution in [1.82, 2.24) is 4.40 Å². The van der Waals surface area contributed by atoms with Gasteiger partial charge in [-0.15, -0.1) is 0 Å². The summed E-state index contributed by atoms with van der Waals surface area (Å²) in [6.07, 6.45) is 2.08. The molecular weight excluding hydrogens is 330 g/mol. The van der Waals surface area contributed by atoms with Gasteiger partial charge >= 0.3 is 0 Å². The van der Waals surface area contributed by atoms with Crippen molar-refractivity contribution in [2.75, 3.05) is 7.05 Å². The molecule has 3 heterocycles. The third-order valence-corrected chi connectivity index (χ3v) is 5.32. The first-order valence-corrected chi connectivity index (χ1v) is 9.15. The van der Waals surface area contributed by atoms with Crippen LogP contribution in [0.4, 0.5) is 11.5 Å². The fraction of sp³-hybridized carbons (Fsp3) is 0.0833. The van der Waals surface area contributed by atoms with E-state index in [1.54, 1.807) is 0 Å². The van der Waals surface area contributed by atoms with Gasteiger partial charge in [-0.05, 0) is 29.8 Å². The summed E-state index contributed by atoms with van der Waals surface area (Å²) in [6, 6.07) is 27.4. The van der Waals surface area contributed by atoms with Gasteiger partial charge in [-0.25, -0.2) is 4.99 Å². The summed E-state index contributed by atoms with van der Waals surface area (Å²) in [5, 5.41) is 0. The molecule has 0 radical (unpaired) electrons. The Morgan fingerprint density at radius 2 is 1.56 bits per heavy atom. The minimum atomic E-state index is 0.969. The van der Waals surface area contributed by atoms with Gasteiger partial charge in [-0.1, -0.05) is 48.5 Å². The number of hydrogen-bond donors (Lipinski definition) is 0. The molecule has 27 heavy (non-hydrogen) atoms. The number of para-hydroxylation sites is 1. The number of aromatic nitrogens is 1. The van der Waals surface area contributed by atoms with Gasteiger partial charge in [-0.2, -0.15) is 4.58 Å². The van der Waals surface area contributed by atoms with Crippen LogP contribution in [0.3, 0.4) is 0 Å². The first kappa shape index (κ1) is 15.8. The van der Waals surface area contributed by atoms with E-state index in [0.29, 0.717) is 0 Å². The van der Waals surface area contributed by atoms with Crippen molar-refractivity contribution in [3.05, 3.63) is 90.6 Å². The maximum Gasteiger partial charge on any atom is 0.214 e. The van der Waals surface area contributed by atoms with Crippen molar-refractivity contribution in [2.45, 2.75) is 6.92 Å². The van der Waals surface area contributed by atoms with Crippen molar-refractivity contribution < 1.29 is 4.58 Å². The molecule has 5 rings (SSSR count). The van der Waals surface area contributed by atoms with Crippen molar-refractivity contribution in [3.8, 4) is 11.1 Å². The van der Waals surface area contributed by atoms with Crippen LogP contribution < -0.4 is 0 Å². The molecule has 0 aliphatic carbocycles. The maximum atomic E-state index is 5.20. The van der Waals surface area contributed by atoms with Crippen LogP contribution in [0, 0.1) is 0 Å². The summed E-state index contributed by atoms with van der Waals surface area (Å²) in [4.78, 5) is 5.20. The molecule has 0 atom stereocenters. The van der Waals surface area contributed by atoms with Crippen LogP contribution in [-0.2, 0) is 0 Å². The van der Waals surface area contributed by atoms with Crippen molar-refractivity contribution in [3.63, 3.8) is 0 Å². The van der Waals surface area contributed by atoms with Gasteiger partial charge in [0, 0.05) is 30.3 Å². The Morgan fingerprint density at radius 1 is 0.815 bits per heavy atom. The number of nitrogens with zero attached hydrogens (tertiary/aromatic N) is 3. The summed E-state index contributed by atoms with van der Waals surface area (Å²) < 4.78 is 4.38. The van der Waals surface area contributed by atoms with Crippen LogP contribution in [0.25, 0.3) is 16.6 Å². The Kier molecular flexibility index (Phi) is 3.54. The van der Waals surface area contributed by atoms with E-state index in [9.17, 15) is 0 Å². The number of pyridine rings is 1. The highest BCUT2D eigenvalue weighted by Crippen LogP contribution is 2.36. The van der Waals surface area contributed by atoms with Crippen LogP contribution in [0.5, 0.6) is 0 Å². The average Bonchev–Trinajstić information content (AvgIpc) is 3.20. The molecule has 1 aliphatic rings. The molecule has 2 aromatic heterocycles. The lowest BCUT2D eigenvalue weighted by molar-refractivity contribution is -0.400. The first-order valence-electron chi connectivity index (χ1n) is 9.15. The summed E-state index contributed by atoms with van der Waals surface area (Å²) in [6.45, 7) is 2.14. The third-order valence-electron chi connectivity index (χ3n) is 5.32. The zero-order chi connectivity index (χ0) is 18.4. The summed E-state index contributed by atoms with van der Waals surface area (Å²) in [5.74, 6) is 0.969. The van der Waals surface area contributed by atoms with Gasteiger partial charge in [-0.3, -0.25) is 0 Å². The van der Waals surface area contributed by atoms with Gasteiger partial charge in [0.15, 0.2) is 0 Å². The van der Waals surface area contributed by atoms with E-state index in [4.69, 9.17) is 4.99 Å². The zero-order valence-electron chi connectivity index (χ0n) is 15.4. The van der Waals surface area contributed by atoms with E-state index in [2.05, 4.69) is 102 Å². The quantitative estimate of drug-likeness (QED) is 0.427. The maximum absolute atomic E-state index is 5.20. The van der Waals surface area contributed by atoms with E-state index in [-0.39, 0.29) is 0 Å². The molecule has 3 nitrogen and oxygen atoms in total. The summed E-state index contributed by atoms with van der Waals surface area (Å²) in [5.41, 5.74) is 8.06. The van der Waals surface area contributed by atoms with Gasteiger partial charge in [0.25, 0.3) is 0 Å². The Morgan fingerprint density at radius 3 is 2.41 bits per heavy atom. The largest absolute Gasteiger partial charge is 0.301 e. The Labute approximate surface area is 158 Å². The van der Waals surface area contributed by atoms with Gasteiger partial charge < -0.3 is 4.40 Å². The Hall–Kier alpha value is -3.46. The monoisotopic (exact) mass is 350 g/mol. The predicted molar refractivity (Wildman–Crippen MR) is 112 cm³/mol. The van der Waals surface area contributed by atoms with Crippen molar-refractivity contribution in [2.24, 2.45) is 4.99 Å². The standard InChI is InChI=1S/C24H20N3/c1-17-23(20-13-6-7-14-22(20)26(17)2)25-24-21(18-10-4-3-5-11-18)16-19-12-8-9-15-27(19)24/h3-16H,1-2H3/q+1. The molecular formula is C24H20N3+. The molecule has 0 fully saturated rings. The molecule has 130 valence electrons. The van der Waals surface area contributed by atoms with Crippen LogP contribution in [0.1, 0.15) is 12.5 Å². The molecule has 3 heteroatoms. The molecule has 0 saturated heterocycles. The highest BCUT2D eigenvalue weighted by Gasteiger charge is 2.31. The summed E-state index contributed by atoms with van der Waals surface area (Å²) in [7, 11) is 2.10. The molecule has 0 unspecified atom stereocenters. The molecule has 2 aromatic carbocycles. The number of aliphatic imine (C=N–C) groups is 1. The molecule has 0 spiro atoms. The lowest BCUT2D eigenvalue weighted by Gasteiger charge is -2.04. The second kappa shape index (κ2) is 6.06. The normalized spacial score (nSPS) is 15.0. The number of fused-ring (bicyclic) bond motifs is 2. The van der Waals surface area contributed by atoms with Crippen molar-refractivity contribution >= 4 is 28.4 Å². The number of rotatable bonds is 2. The number of benzene rings is 2. The number of hydrogen-bond acceptors (Lipinski definition) is 1. The Bertz CT molecular complexity index is 1230. The van der Waals surface area contributed by atoms with E-state index in [0.717, 1.165) is 22.6 Å². The zero-order valence-corrected chi connectivity index (χ0v) is 15.4. The SMILES string of the molecule is CC1=[N+](C)c2ccccc2/C1=N/c1c(-c2ccccc2)cc2ccccn12. The second-order valence-electron chi connectivity index (χ2n) is 6.87. The molecule has 1 aliphatic heterocycles. The van der Waals surface area contributed by atoms with Crippen LogP contribution in [-0.4, -0.2) is 27.4 Å². The predicted octanol–water partition coefficient (Wildman–Crippen LogP) is 5.48. The molecule has 0 amide bonds. The fourth-order valence-corrected chi connectivity index (χ4v) is 3.80. The molecule has 4 aromatic rings. The first-order chi connectivity index (χ1) is 13.2. The fourth-order valence-electron chi connectivity index (χ4n) is 3.80. The van der Waals surface area contributed by atoms with Crippen LogP contribution >= 0.6 is 0 Å². The smallest absolute Gasteiger partial charge is 0.214 e. The lowest BCUT2D eigenvalue weighted by Crippen LogP contribution is -2.12. The van der Waals surface area contributed by atoms with E-state index < -0.39 is 0 Å². The lowest BCUT2D eigenvalue weighted by atomic mass is 10.1. The highest BCUT2D eigenvalue weighted by molar-refractivity contribution is 6.49. The topological polar surface area (TPSA) is 19.8 Å². The second-order valence-corrected chi connectivity index (χ2v) is 6.87. The average molecular weight is 350 g/mol. The molecule has 0 saturated carbocycles. The highest BCUT2D eigenvalue weighted by atomic mass is 15.1. The Balaban J connectivity index is 1.81. The summed E-state index contributed by atoms with van der Waals surface area (Å²) >= 11 is 0. The van der Waals surface area contributed by atoms with Crippen LogP contribution in [0.15, 0.2) is 90.1 Å². The van der Waals surface area contributed by atoms with E-state index in [1.165, 1.54) is 22.5 Å². The van der Waals surface area contributed by atoms with E-state index >= 15 is 0 Å². The van der Waals surface area contributed by atoms with Gasteiger partial charge in [0.2, 0.25) is 11.4 Å². The van der Waals surface area contributed by atoms with Gasteiger partial charge in [0.1, 0.15) is 18.6 Å². The minimum absolute atomic E-state index is 0.969.